The summed E-state index contributed by atoms with van der Waals surface area (Å²) in [6.45, 7) is 6.48. The van der Waals surface area contributed by atoms with Gasteiger partial charge >= 0.3 is 17.9 Å². The summed E-state index contributed by atoms with van der Waals surface area (Å²) in [4.78, 5) is 38.0. The Balaban J connectivity index is 4.39. The number of unbranched alkanes of at least 4 members (excludes halogenated alkanes) is 30. The molecular weight excluding hydrogens is 793 g/mol. The predicted molar refractivity (Wildman–Crippen MR) is 275 cm³/mol. The van der Waals surface area contributed by atoms with Crippen molar-refractivity contribution in [3.8, 4) is 0 Å². The molecule has 0 aliphatic rings. The molecule has 0 aliphatic carbocycles. The zero-order chi connectivity index (χ0) is 46.5. The molecule has 6 nitrogen and oxygen atoms in total. The molecule has 0 aromatic rings. The minimum Gasteiger partial charge on any atom is -0.462 e. The van der Waals surface area contributed by atoms with Crippen molar-refractivity contribution in [2.45, 2.75) is 277 Å². The number of ether oxygens (including phenoxy) is 3. The molecule has 0 fully saturated rings. The summed E-state index contributed by atoms with van der Waals surface area (Å²) >= 11 is 0. The van der Waals surface area contributed by atoms with Crippen molar-refractivity contribution in [2.24, 2.45) is 0 Å². The van der Waals surface area contributed by atoms with E-state index < -0.39 is 6.10 Å². The number of esters is 3. The number of hydrogen-bond donors (Lipinski definition) is 0. The fourth-order valence-electron chi connectivity index (χ4n) is 7.67. The maximum atomic E-state index is 12.8. The normalized spacial score (nSPS) is 12.5. The molecule has 1 unspecified atom stereocenters. The zero-order valence-electron chi connectivity index (χ0n) is 42.3. The smallest absolute Gasteiger partial charge is 0.306 e. The van der Waals surface area contributed by atoms with Crippen molar-refractivity contribution in [2.75, 3.05) is 13.2 Å². The predicted octanol–water partition coefficient (Wildman–Crippen LogP) is 18.0. The zero-order valence-corrected chi connectivity index (χ0v) is 42.3. The molecule has 370 valence electrons. The Morgan fingerprint density at radius 3 is 1.00 bits per heavy atom. The van der Waals surface area contributed by atoms with Crippen LogP contribution in [-0.4, -0.2) is 37.2 Å². The molecule has 64 heavy (non-hydrogen) atoms. The first-order chi connectivity index (χ1) is 31.5. The summed E-state index contributed by atoms with van der Waals surface area (Å²) < 4.78 is 16.8. The lowest BCUT2D eigenvalue weighted by Crippen LogP contribution is -2.30. The Labute approximate surface area is 396 Å². The van der Waals surface area contributed by atoms with E-state index in [1.165, 1.54) is 141 Å². The van der Waals surface area contributed by atoms with E-state index >= 15 is 0 Å². The second-order valence-corrected chi connectivity index (χ2v) is 18.2. The van der Waals surface area contributed by atoms with Gasteiger partial charge in [-0.2, -0.15) is 0 Å². The molecule has 0 amide bonds. The Kier molecular flexibility index (Phi) is 50.4. The third-order valence-corrected chi connectivity index (χ3v) is 11.8. The first-order valence-corrected chi connectivity index (χ1v) is 27.3. The van der Waals surface area contributed by atoms with Crippen LogP contribution in [0.2, 0.25) is 0 Å². The van der Waals surface area contributed by atoms with Gasteiger partial charge in [0, 0.05) is 19.3 Å². The van der Waals surface area contributed by atoms with E-state index in [-0.39, 0.29) is 31.1 Å². The van der Waals surface area contributed by atoms with Crippen LogP contribution >= 0.6 is 0 Å². The molecule has 0 bridgehead atoms. The van der Waals surface area contributed by atoms with Gasteiger partial charge in [-0.05, 0) is 89.9 Å². The molecule has 0 saturated heterocycles. The van der Waals surface area contributed by atoms with Crippen molar-refractivity contribution >= 4 is 17.9 Å². The Hall–Kier alpha value is -2.89. The van der Waals surface area contributed by atoms with Crippen molar-refractivity contribution in [3.63, 3.8) is 0 Å². The first-order valence-electron chi connectivity index (χ1n) is 27.3. The molecule has 0 heterocycles. The van der Waals surface area contributed by atoms with Gasteiger partial charge in [-0.25, -0.2) is 0 Å². The van der Waals surface area contributed by atoms with Crippen molar-refractivity contribution < 1.29 is 28.6 Å². The molecule has 0 aromatic heterocycles. The Morgan fingerprint density at radius 2 is 0.625 bits per heavy atom. The van der Waals surface area contributed by atoms with Gasteiger partial charge in [-0.3, -0.25) is 14.4 Å². The lowest BCUT2D eigenvalue weighted by molar-refractivity contribution is -0.167. The Morgan fingerprint density at radius 1 is 0.328 bits per heavy atom. The van der Waals surface area contributed by atoms with E-state index in [1.54, 1.807) is 0 Å². The van der Waals surface area contributed by atoms with Crippen LogP contribution in [-0.2, 0) is 28.6 Å². The monoisotopic (exact) mass is 895 g/mol. The molecule has 0 aliphatic heterocycles. The topological polar surface area (TPSA) is 78.9 Å². The van der Waals surface area contributed by atoms with Gasteiger partial charge in [0.25, 0.3) is 0 Å². The molecule has 0 spiro atoms. The maximum absolute atomic E-state index is 12.8. The summed E-state index contributed by atoms with van der Waals surface area (Å²) in [5.74, 6) is -0.913. The molecule has 0 N–H and O–H groups in total. The minimum atomic E-state index is -0.787. The summed E-state index contributed by atoms with van der Waals surface area (Å²) in [6, 6.07) is 0. The number of rotatable bonds is 49. The quantitative estimate of drug-likeness (QED) is 0.0199. The van der Waals surface area contributed by atoms with E-state index in [4.69, 9.17) is 14.2 Å². The van der Waals surface area contributed by atoms with Gasteiger partial charge in [-0.1, -0.05) is 223 Å². The fourth-order valence-corrected chi connectivity index (χ4v) is 7.67. The number of allylic oxidation sites excluding steroid dienone is 10. The van der Waals surface area contributed by atoms with E-state index in [0.717, 1.165) is 89.9 Å². The second-order valence-electron chi connectivity index (χ2n) is 18.2. The van der Waals surface area contributed by atoms with Gasteiger partial charge in [0.15, 0.2) is 6.10 Å². The Bertz CT molecular complexity index is 1170. The van der Waals surface area contributed by atoms with Crippen LogP contribution in [0.1, 0.15) is 271 Å². The lowest BCUT2D eigenvalue weighted by atomic mass is 10.1. The molecule has 0 rings (SSSR count). The van der Waals surface area contributed by atoms with E-state index in [1.807, 2.05) is 0 Å². The van der Waals surface area contributed by atoms with Crippen molar-refractivity contribution in [1.29, 1.82) is 0 Å². The number of hydrogen-bond acceptors (Lipinski definition) is 6. The molecule has 0 aromatic carbocycles. The highest BCUT2D eigenvalue weighted by Crippen LogP contribution is 2.15. The summed E-state index contributed by atoms with van der Waals surface area (Å²) in [5, 5.41) is 0. The third-order valence-electron chi connectivity index (χ3n) is 11.8. The average Bonchev–Trinajstić information content (AvgIpc) is 3.29. The molecule has 0 radical (unpaired) electrons. The van der Waals surface area contributed by atoms with Gasteiger partial charge < -0.3 is 14.2 Å². The van der Waals surface area contributed by atoms with Crippen LogP contribution in [0.4, 0.5) is 0 Å². The SMILES string of the molecule is CC/C=C/C=C/C=C/CCCCCCCC(=O)OCC(COC(=O)CCCCCCC/C=C/CCCCCCCCCCC)OC(=O)CCCCCCCCC/C=C/CCCCCC. The second kappa shape index (κ2) is 52.7. The summed E-state index contributed by atoms with van der Waals surface area (Å²) in [5.41, 5.74) is 0. The average molecular weight is 895 g/mol. The van der Waals surface area contributed by atoms with Crippen LogP contribution in [0, 0.1) is 0 Å². The van der Waals surface area contributed by atoms with Crippen LogP contribution < -0.4 is 0 Å². The fraction of sp³-hybridized carbons (Fsp3) is 0.776. The number of carbonyl (C=O) groups is 3. The van der Waals surface area contributed by atoms with Crippen LogP contribution in [0.3, 0.4) is 0 Å². The van der Waals surface area contributed by atoms with Crippen molar-refractivity contribution in [1.82, 2.24) is 0 Å². The van der Waals surface area contributed by atoms with Gasteiger partial charge in [0.1, 0.15) is 13.2 Å². The van der Waals surface area contributed by atoms with Crippen LogP contribution in [0.15, 0.2) is 60.8 Å². The minimum absolute atomic E-state index is 0.0864. The van der Waals surface area contributed by atoms with E-state index in [2.05, 4.69) is 81.5 Å². The molecule has 0 saturated carbocycles. The molecule has 1 atom stereocenters. The molecule has 6 heteroatoms. The van der Waals surface area contributed by atoms with Gasteiger partial charge in [0.2, 0.25) is 0 Å². The first kappa shape index (κ1) is 61.1. The standard InChI is InChI=1S/C58H102O6/c1-4-7-10-13-16-19-22-25-27-28-29-31-33-36-39-42-45-48-51-57(60)63-54-55(53-62-56(59)50-47-44-41-38-35-32-24-21-18-15-12-9-6-3)64-58(61)52-49-46-43-40-37-34-30-26-23-20-17-14-11-8-5-2/h9,12,15,18,20-21,23-24,29,31,55H,4-8,10-11,13-14,16-17,19,22,25-28,30,32-54H2,1-3H3/b12-9+,18-15+,23-20+,24-21+,31-29+. The lowest BCUT2D eigenvalue weighted by Gasteiger charge is -2.18. The highest BCUT2D eigenvalue weighted by Gasteiger charge is 2.19. The molecular formula is C58H102O6. The highest BCUT2D eigenvalue weighted by molar-refractivity contribution is 5.71. The summed E-state index contributed by atoms with van der Waals surface area (Å²) in [7, 11) is 0. The van der Waals surface area contributed by atoms with E-state index in [9.17, 15) is 14.4 Å². The summed E-state index contributed by atoms with van der Waals surface area (Å²) in [6.07, 6.45) is 64.9. The van der Waals surface area contributed by atoms with Gasteiger partial charge in [0.05, 0.1) is 0 Å². The number of carbonyl (C=O) groups excluding carboxylic acids is 3. The van der Waals surface area contributed by atoms with Crippen LogP contribution in [0.5, 0.6) is 0 Å². The van der Waals surface area contributed by atoms with Gasteiger partial charge in [-0.15, -0.1) is 0 Å². The largest absolute Gasteiger partial charge is 0.462 e. The highest BCUT2D eigenvalue weighted by atomic mass is 16.6. The third kappa shape index (κ3) is 50.1. The van der Waals surface area contributed by atoms with E-state index in [0.29, 0.717) is 19.3 Å². The maximum Gasteiger partial charge on any atom is 0.306 e. The van der Waals surface area contributed by atoms with Crippen LogP contribution in [0.25, 0.3) is 0 Å². The van der Waals surface area contributed by atoms with Crippen molar-refractivity contribution in [3.05, 3.63) is 60.8 Å².